The topological polar surface area (TPSA) is 55.6 Å². The predicted octanol–water partition coefficient (Wildman–Crippen LogP) is 1.29. The smallest absolute Gasteiger partial charge is 0.410 e. The van der Waals surface area contributed by atoms with Crippen molar-refractivity contribution in [1.29, 1.82) is 0 Å². The van der Waals surface area contributed by atoms with Crippen molar-refractivity contribution in [3.8, 4) is 0 Å². The number of rotatable bonds is 1. The Morgan fingerprint density at radius 3 is 2.67 bits per heavy atom. The SMILES string of the molecule is CC(C)(C)OC(=O)N1C[C@H](N)C[C@H]1CF. The van der Waals surface area contributed by atoms with Gasteiger partial charge in [-0.15, -0.1) is 0 Å². The zero-order valence-corrected chi connectivity index (χ0v) is 9.50. The Morgan fingerprint density at radius 2 is 2.20 bits per heavy atom. The molecule has 1 fully saturated rings. The van der Waals surface area contributed by atoms with Crippen LogP contribution in [0.4, 0.5) is 9.18 Å². The van der Waals surface area contributed by atoms with E-state index in [2.05, 4.69) is 0 Å². The highest BCUT2D eigenvalue weighted by Crippen LogP contribution is 2.20. The molecule has 2 atom stereocenters. The van der Waals surface area contributed by atoms with Gasteiger partial charge in [0.2, 0.25) is 0 Å². The number of ether oxygens (including phenoxy) is 1. The number of likely N-dealkylation sites (tertiary alicyclic amines) is 1. The molecule has 1 amide bonds. The Morgan fingerprint density at radius 1 is 1.60 bits per heavy atom. The van der Waals surface area contributed by atoms with E-state index in [1.54, 1.807) is 20.8 Å². The second kappa shape index (κ2) is 4.35. The first-order valence-corrected chi connectivity index (χ1v) is 5.14. The molecule has 0 aliphatic carbocycles. The van der Waals surface area contributed by atoms with Gasteiger partial charge in [-0.2, -0.15) is 0 Å². The first kappa shape index (κ1) is 12.2. The van der Waals surface area contributed by atoms with Crippen molar-refractivity contribution < 1.29 is 13.9 Å². The minimum atomic E-state index is -0.563. The standard InChI is InChI=1S/C10H19FN2O2/c1-10(2,3)15-9(14)13-6-7(12)4-8(13)5-11/h7-8H,4-6,12H2,1-3H3/t7-,8+/m1/s1. The summed E-state index contributed by atoms with van der Waals surface area (Å²) in [4.78, 5) is 13.0. The van der Waals surface area contributed by atoms with Crippen molar-refractivity contribution in [2.45, 2.75) is 44.9 Å². The molecule has 1 rings (SSSR count). The Hall–Kier alpha value is -0.840. The van der Waals surface area contributed by atoms with E-state index in [9.17, 15) is 9.18 Å². The highest BCUT2D eigenvalue weighted by molar-refractivity contribution is 5.69. The number of nitrogens with zero attached hydrogens (tertiary/aromatic N) is 1. The fraction of sp³-hybridized carbons (Fsp3) is 0.900. The maximum atomic E-state index is 12.6. The lowest BCUT2D eigenvalue weighted by Gasteiger charge is -2.27. The molecular weight excluding hydrogens is 199 g/mol. The van der Waals surface area contributed by atoms with Crippen LogP contribution >= 0.6 is 0 Å². The third kappa shape index (κ3) is 3.34. The molecule has 1 heterocycles. The van der Waals surface area contributed by atoms with Crippen LogP contribution in [0.1, 0.15) is 27.2 Å². The number of hydrogen-bond acceptors (Lipinski definition) is 3. The summed E-state index contributed by atoms with van der Waals surface area (Å²) in [5.41, 5.74) is 5.13. The molecule has 0 aromatic heterocycles. The van der Waals surface area contributed by atoms with Gasteiger partial charge in [0, 0.05) is 12.6 Å². The largest absolute Gasteiger partial charge is 0.444 e. The zero-order valence-electron chi connectivity index (χ0n) is 9.50. The minimum Gasteiger partial charge on any atom is -0.444 e. The molecule has 0 radical (unpaired) electrons. The molecule has 5 heteroatoms. The molecule has 15 heavy (non-hydrogen) atoms. The fourth-order valence-corrected chi connectivity index (χ4v) is 1.64. The number of halogens is 1. The number of nitrogens with two attached hydrogens (primary N) is 1. The van der Waals surface area contributed by atoms with E-state index in [1.165, 1.54) is 4.90 Å². The van der Waals surface area contributed by atoms with Crippen LogP contribution in [0.25, 0.3) is 0 Å². The normalized spacial score (nSPS) is 26.9. The third-order valence-electron chi connectivity index (χ3n) is 2.25. The second-order valence-electron chi connectivity index (χ2n) is 4.94. The molecule has 0 unspecified atom stereocenters. The number of carbonyl (C=O) groups excluding carboxylic acids is 1. The summed E-state index contributed by atoms with van der Waals surface area (Å²) in [5, 5.41) is 0. The maximum Gasteiger partial charge on any atom is 0.410 e. The average Bonchev–Trinajstić information content (AvgIpc) is 2.43. The van der Waals surface area contributed by atoms with Gasteiger partial charge in [0.05, 0.1) is 6.04 Å². The predicted molar refractivity (Wildman–Crippen MR) is 55.3 cm³/mol. The highest BCUT2D eigenvalue weighted by Gasteiger charge is 2.35. The van der Waals surface area contributed by atoms with Crippen molar-refractivity contribution in [2.75, 3.05) is 13.2 Å². The number of amides is 1. The fourth-order valence-electron chi connectivity index (χ4n) is 1.64. The Kier molecular flexibility index (Phi) is 3.54. The van der Waals surface area contributed by atoms with Gasteiger partial charge in [-0.05, 0) is 27.2 Å². The minimum absolute atomic E-state index is 0.140. The van der Waals surface area contributed by atoms with Gasteiger partial charge in [-0.25, -0.2) is 9.18 Å². The summed E-state index contributed by atoms with van der Waals surface area (Å²) in [6.45, 7) is 5.17. The number of hydrogen-bond donors (Lipinski definition) is 1. The Bertz CT molecular complexity index is 240. The van der Waals surface area contributed by atoms with Gasteiger partial charge in [0.15, 0.2) is 0 Å². The third-order valence-corrected chi connectivity index (χ3v) is 2.25. The van der Waals surface area contributed by atoms with Crippen molar-refractivity contribution >= 4 is 6.09 Å². The van der Waals surface area contributed by atoms with Gasteiger partial charge < -0.3 is 15.4 Å². The molecule has 0 saturated carbocycles. The van der Waals surface area contributed by atoms with Crippen molar-refractivity contribution in [3.63, 3.8) is 0 Å². The Balaban J connectivity index is 2.59. The molecular formula is C10H19FN2O2. The molecule has 0 bridgehead atoms. The van der Waals surface area contributed by atoms with E-state index in [0.717, 1.165) is 0 Å². The summed E-state index contributed by atoms with van der Waals surface area (Å²) in [7, 11) is 0. The number of carbonyl (C=O) groups is 1. The van der Waals surface area contributed by atoms with E-state index in [4.69, 9.17) is 10.5 Å². The quantitative estimate of drug-likeness (QED) is 0.721. The van der Waals surface area contributed by atoms with Crippen LogP contribution < -0.4 is 5.73 Å². The molecule has 1 aliphatic rings. The summed E-state index contributed by atoms with van der Waals surface area (Å²) < 4.78 is 17.8. The molecule has 2 N–H and O–H groups in total. The molecule has 4 nitrogen and oxygen atoms in total. The van der Waals surface area contributed by atoms with Crippen molar-refractivity contribution in [2.24, 2.45) is 5.73 Å². The Labute approximate surface area is 89.6 Å². The van der Waals surface area contributed by atoms with E-state index < -0.39 is 24.4 Å². The lowest BCUT2D eigenvalue weighted by atomic mass is 10.2. The summed E-state index contributed by atoms with van der Waals surface area (Å²) in [6, 6.07) is -0.562. The van der Waals surface area contributed by atoms with Crippen molar-refractivity contribution in [3.05, 3.63) is 0 Å². The van der Waals surface area contributed by atoms with E-state index >= 15 is 0 Å². The highest BCUT2D eigenvalue weighted by atomic mass is 19.1. The second-order valence-corrected chi connectivity index (χ2v) is 4.94. The van der Waals surface area contributed by atoms with Crippen LogP contribution in [0.5, 0.6) is 0 Å². The van der Waals surface area contributed by atoms with Crippen molar-refractivity contribution in [1.82, 2.24) is 4.90 Å². The summed E-state index contributed by atoms with van der Waals surface area (Å²) >= 11 is 0. The molecule has 88 valence electrons. The number of alkyl halides is 1. The van der Waals surface area contributed by atoms with Crippen LogP contribution in [0.3, 0.4) is 0 Å². The van der Waals surface area contributed by atoms with Crippen LogP contribution in [0, 0.1) is 0 Å². The zero-order chi connectivity index (χ0) is 11.6. The van der Waals surface area contributed by atoms with Gasteiger partial charge in [-0.1, -0.05) is 0 Å². The van der Waals surface area contributed by atoms with E-state index in [0.29, 0.717) is 13.0 Å². The lowest BCUT2D eigenvalue weighted by Crippen LogP contribution is -2.41. The van der Waals surface area contributed by atoms with Crippen LogP contribution in [0.15, 0.2) is 0 Å². The van der Waals surface area contributed by atoms with Gasteiger partial charge in [0.1, 0.15) is 12.3 Å². The van der Waals surface area contributed by atoms with Crippen LogP contribution in [0.2, 0.25) is 0 Å². The van der Waals surface area contributed by atoms with E-state index in [-0.39, 0.29) is 6.04 Å². The first-order chi connectivity index (χ1) is 6.83. The summed E-state index contributed by atoms with van der Waals surface area (Å²) in [6.07, 6.45) is 0.0357. The lowest BCUT2D eigenvalue weighted by molar-refractivity contribution is 0.0206. The molecule has 1 aliphatic heterocycles. The van der Waals surface area contributed by atoms with Gasteiger partial charge in [0.25, 0.3) is 0 Å². The van der Waals surface area contributed by atoms with Gasteiger partial charge in [-0.3, -0.25) is 0 Å². The monoisotopic (exact) mass is 218 g/mol. The molecule has 1 saturated heterocycles. The van der Waals surface area contributed by atoms with Crippen LogP contribution in [-0.4, -0.2) is 41.9 Å². The maximum absolute atomic E-state index is 12.6. The van der Waals surface area contributed by atoms with Gasteiger partial charge >= 0.3 is 6.09 Å². The molecule has 0 spiro atoms. The first-order valence-electron chi connectivity index (χ1n) is 5.14. The molecule has 0 aromatic carbocycles. The average molecular weight is 218 g/mol. The summed E-state index contributed by atoms with van der Waals surface area (Å²) in [5.74, 6) is 0. The van der Waals surface area contributed by atoms with Crippen LogP contribution in [-0.2, 0) is 4.74 Å². The van der Waals surface area contributed by atoms with E-state index in [1.807, 2.05) is 0 Å². The molecule has 0 aromatic rings.